The molecule has 86 valence electrons. The van der Waals surface area contributed by atoms with Crippen molar-refractivity contribution in [2.24, 2.45) is 0 Å². The third-order valence-electron chi connectivity index (χ3n) is 2.85. The number of carboxylic acid groups (broad SMARTS) is 1. The number of likely N-dealkylation sites (tertiary alicyclic amines) is 1. The molecule has 1 rings (SSSR count). The molecule has 1 aliphatic rings. The predicted molar refractivity (Wildman–Crippen MR) is 56.5 cm³/mol. The topological polar surface area (TPSA) is 57.6 Å². The van der Waals surface area contributed by atoms with E-state index in [0.717, 1.165) is 32.2 Å². The second kappa shape index (κ2) is 5.73. The van der Waals surface area contributed by atoms with Crippen molar-refractivity contribution in [2.75, 3.05) is 6.54 Å². The van der Waals surface area contributed by atoms with Gasteiger partial charge in [-0.1, -0.05) is 13.3 Å². The molecule has 0 saturated carbocycles. The first-order valence-electron chi connectivity index (χ1n) is 5.66. The quantitative estimate of drug-likeness (QED) is 0.755. The van der Waals surface area contributed by atoms with Crippen molar-refractivity contribution in [3.63, 3.8) is 0 Å². The van der Waals surface area contributed by atoms with Gasteiger partial charge in [-0.2, -0.15) is 0 Å². The molecule has 15 heavy (non-hydrogen) atoms. The molecule has 4 nitrogen and oxygen atoms in total. The van der Waals surface area contributed by atoms with Crippen molar-refractivity contribution in [2.45, 2.75) is 51.5 Å². The van der Waals surface area contributed by atoms with E-state index in [9.17, 15) is 9.59 Å². The Morgan fingerprint density at radius 1 is 1.47 bits per heavy atom. The fourth-order valence-corrected chi connectivity index (χ4v) is 2.05. The summed E-state index contributed by atoms with van der Waals surface area (Å²) in [6.07, 6.45) is 4.34. The van der Waals surface area contributed by atoms with E-state index in [2.05, 4.69) is 0 Å². The first kappa shape index (κ1) is 12.0. The predicted octanol–water partition coefficient (Wildman–Crippen LogP) is 1.64. The molecule has 0 unspecified atom stereocenters. The molecule has 4 heteroatoms. The van der Waals surface area contributed by atoms with Crippen LogP contribution in [0.15, 0.2) is 0 Å². The van der Waals surface area contributed by atoms with Gasteiger partial charge in [0.05, 0.1) is 6.42 Å². The standard InChI is InChI=1S/C11H19NO3/c1-2-3-6-10(13)12-7-4-5-9(12)8-11(14)15/h9H,2-8H2,1H3,(H,14,15)/t9-/m0/s1. The Balaban J connectivity index is 2.44. The maximum absolute atomic E-state index is 11.7. The lowest BCUT2D eigenvalue weighted by atomic mass is 10.1. The minimum atomic E-state index is -0.810. The van der Waals surface area contributed by atoms with E-state index in [-0.39, 0.29) is 18.4 Å². The molecule has 0 aliphatic carbocycles. The van der Waals surface area contributed by atoms with E-state index >= 15 is 0 Å². The minimum Gasteiger partial charge on any atom is -0.481 e. The third-order valence-corrected chi connectivity index (χ3v) is 2.85. The molecule has 0 aromatic heterocycles. The fourth-order valence-electron chi connectivity index (χ4n) is 2.05. The molecule has 1 saturated heterocycles. The second-order valence-electron chi connectivity index (χ2n) is 4.08. The van der Waals surface area contributed by atoms with E-state index in [1.165, 1.54) is 0 Å². The van der Waals surface area contributed by atoms with Gasteiger partial charge in [0.25, 0.3) is 0 Å². The Bertz CT molecular complexity index is 240. The Morgan fingerprint density at radius 2 is 2.20 bits per heavy atom. The van der Waals surface area contributed by atoms with Gasteiger partial charge in [0, 0.05) is 19.0 Å². The van der Waals surface area contributed by atoms with Crippen LogP contribution in [0.4, 0.5) is 0 Å². The first-order chi connectivity index (χ1) is 7.15. The van der Waals surface area contributed by atoms with Crippen LogP contribution in [-0.2, 0) is 9.59 Å². The highest BCUT2D eigenvalue weighted by Crippen LogP contribution is 2.21. The van der Waals surface area contributed by atoms with Crippen molar-refractivity contribution < 1.29 is 14.7 Å². The first-order valence-corrected chi connectivity index (χ1v) is 5.66. The second-order valence-corrected chi connectivity index (χ2v) is 4.08. The summed E-state index contributed by atoms with van der Waals surface area (Å²) < 4.78 is 0. The average molecular weight is 213 g/mol. The van der Waals surface area contributed by atoms with Crippen LogP contribution in [0.25, 0.3) is 0 Å². The van der Waals surface area contributed by atoms with Gasteiger partial charge in [-0.15, -0.1) is 0 Å². The van der Waals surface area contributed by atoms with Gasteiger partial charge in [-0.25, -0.2) is 0 Å². The van der Waals surface area contributed by atoms with Crippen molar-refractivity contribution in [1.82, 2.24) is 4.90 Å². The van der Waals surface area contributed by atoms with Gasteiger partial charge < -0.3 is 10.0 Å². The molecule has 1 fully saturated rings. The molecule has 1 aliphatic heterocycles. The Morgan fingerprint density at radius 3 is 2.80 bits per heavy atom. The number of carbonyl (C=O) groups excluding carboxylic acids is 1. The fraction of sp³-hybridized carbons (Fsp3) is 0.818. The SMILES string of the molecule is CCCCC(=O)N1CCC[C@H]1CC(=O)O. The molecule has 0 spiro atoms. The number of hydrogen-bond acceptors (Lipinski definition) is 2. The van der Waals surface area contributed by atoms with Gasteiger partial charge in [0.2, 0.25) is 5.91 Å². The summed E-state index contributed by atoms with van der Waals surface area (Å²) in [5, 5.41) is 8.71. The van der Waals surface area contributed by atoms with Crippen LogP contribution >= 0.6 is 0 Å². The van der Waals surface area contributed by atoms with Crippen molar-refractivity contribution >= 4 is 11.9 Å². The lowest BCUT2D eigenvalue weighted by molar-refractivity contribution is -0.139. The van der Waals surface area contributed by atoms with Crippen LogP contribution in [-0.4, -0.2) is 34.5 Å². The summed E-state index contributed by atoms with van der Waals surface area (Å²) in [6, 6.07) is -0.0631. The molecular formula is C11H19NO3. The maximum atomic E-state index is 11.7. The summed E-state index contributed by atoms with van der Waals surface area (Å²) in [6.45, 7) is 2.78. The van der Waals surface area contributed by atoms with Gasteiger partial charge in [0.1, 0.15) is 0 Å². The molecule has 0 aromatic carbocycles. The number of amides is 1. The Kier molecular flexibility index (Phi) is 4.59. The Hall–Kier alpha value is -1.06. The van der Waals surface area contributed by atoms with Crippen LogP contribution in [0.3, 0.4) is 0 Å². The van der Waals surface area contributed by atoms with Crippen molar-refractivity contribution in [3.05, 3.63) is 0 Å². The van der Waals surface area contributed by atoms with E-state index in [4.69, 9.17) is 5.11 Å². The number of nitrogens with zero attached hydrogens (tertiary/aromatic N) is 1. The smallest absolute Gasteiger partial charge is 0.305 e. The lowest BCUT2D eigenvalue weighted by Crippen LogP contribution is -2.36. The van der Waals surface area contributed by atoms with Gasteiger partial charge in [0.15, 0.2) is 0 Å². The van der Waals surface area contributed by atoms with Crippen LogP contribution in [0.1, 0.15) is 45.4 Å². The number of aliphatic carboxylic acids is 1. The number of rotatable bonds is 5. The summed E-state index contributed by atoms with van der Waals surface area (Å²) in [7, 11) is 0. The highest BCUT2D eigenvalue weighted by atomic mass is 16.4. The molecule has 0 bridgehead atoms. The van der Waals surface area contributed by atoms with Crippen LogP contribution < -0.4 is 0 Å². The van der Waals surface area contributed by atoms with Gasteiger partial charge in [-0.3, -0.25) is 9.59 Å². The molecule has 1 atom stereocenters. The van der Waals surface area contributed by atoms with Crippen molar-refractivity contribution in [1.29, 1.82) is 0 Å². The largest absolute Gasteiger partial charge is 0.481 e. The van der Waals surface area contributed by atoms with Gasteiger partial charge >= 0.3 is 5.97 Å². The minimum absolute atomic E-state index is 0.0631. The summed E-state index contributed by atoms with van der Waals surface area (Å²) in [4.78, 5) is 24.1. The zero-order valence-electron chi connectivity index (χ0n) is 9.24. The lowest BCUT2D eigenvalue weighted by Gasteiger charge is -2.23. The van der Waals surface area contributed by atoms with Crippen LogP contribution in [0.5, 0.6) is 0 Å². The number of unbranched alkanes of at least 4 members (excludes halogenated alkanes) is 1. The van der Waals surface area contributed by atoms with Gasteiger partial charge in [-0.05, 0) is 19.3 Å². The van der Waals surface area contributed by atoms with Crippen molar-refractivity contribution in [3.8, 4) is 0 Å². The zero-order chi connectivity index (χ0) is 11.3. The van der Waals surface area contributed by atoms with E-state index in [1.54, 1.807) is 4.90 Å². The number of carbonyl (C=O) groups is 2. The molecule has 0 aromatic rings. The van der Waals surface area contributed by atoms with Crippen LogP contribution in [0, 0.1) is 0 Å². The van der Waals surface area contributed by atoms with E-state index < -0.39 is 5.97 Å². The summed E-state index contributed by atoms with van der Waals surface area (Å²) >= 11 is 0. The molecule has 1 amide bonds. The highest BCUT2D eigenvalue weighted by molar-refractivity contribution is 5.78. The number of hydrogen-bond donors (Lipinski definition) is 1. The molecular weight excluding hydrogens is 194 g/mol. The monoisotopic (exact) mass is 213 g/mol. The molecule has 1 N–H and O–H groups in total. The average Bonchev–Trinajstić information content (AvgIpc) is 2.61. The number of carboxylic acids is 1. The zero-order valence-corrected chi connectivity index (χ0v) is 9.24. The molecule has 0 radical (unpaired) electrons. The summed E-state index contributed by atoms with van der Waals surface area (Å²) in [5.74, 6) is -0.684. The Labute approximate surface area is 90.3 Å². The van der Waals surface area contributed by atoms with Crippen LogP contribution in [0.2, 0.25) is 0 Å². The highest BCUT2D eigenvalue weighted by Gasteiger charge is 2.29. The summed E-state index contributed by atoms with van der Waals surface area (Å²) in [5.41, 5.74) is 0. The molecule has 1 heterocycles. The third kappa shape index (κ3) is 3.53. The van der Waals surface area contributed by atoms with E-state index in [0.29, 0.717) is 6.42 Å². The van der Waals surface area contributed by atoms with E-state index in [1.807, 2.05) is 6.92 Å². The normalized spacial score (nSPS) is 20.6. The maximum Gasteiger partial charge on any atom is 0.305 e.